The van der Waals surface area contributed by atoms with Crippen LogP contribution in [0.1, 0.15) is 56.8 Å². The van der Waals surface area contributed by atoms with Gasteiger partial charge in [-0.25, -0.2) is 4.68 Å². The summed E-state index contributed by atoms with van der Waals surface area (Å²) in [7, 11) is 1.45. The molecule has 0 aromatic carbocycles. The van der Waals surface area contributed by atoms with Gasteiger partial charge in [0, 0.05) is 25.8 Å². The van der Waals surface area contributed by atoms with Gasteiger partial charge in [0.1, 0.15) is 12.4 Å². The summed E-state index contributed by atoms with van der Waals surface area (Å²) in [6.45, 7) is 2.40. The molecule has 1 saturated heterocycles. The maximum Gasteiger partial charge on any atom is 0.410 e. The van der Waals surface area contributed by atoms with Crippen molar-refractivity contribution in [2.24, 2.45) is 0 Å². The minimum atomic E-state index is -4.36. The van der Waals surface area contributed by atoms with Crippen LogP contribution in [0.25, 0.3) is 0 Å². The molecule has 0 bridgehead atoms. The number of alkyl halides is 3. The smallest absolute Gasteiger partial charge is 0.375 e. The number of halogens is 3. The largest absolute Gasteiger partial charge is 0.410 e. The zero-order valence-electron chi connectivity index (χ0n) is 15.1. The van der Waals surface area contributed by atoms with Gasteiger partial charge in [0.2, 0.25) is 5.91 Å². The van der Waals surface area contributed by atoms with E-state index in [1.54, 1.807) is 11.0 Å². The first-order chi connectivity index (χ1) is 12.3. The van der Waals surface area contributed by atoms with Crippen LogP contribution < -0.4 is 5.32 Å². The second kappa shape index (κ2) is 7.46. The molecule has 0 saturated carbocycles. The number of nitrogens with one attached hydrogen (secondary N) is 1. The van der Waals surface area contributed by atoms with Gasteiger partial charge in [0.05, 0.1) is 11.7 Å². The van der Waals surface area contributed by atoms with Crippen molar-refractivity contribution in [1.82, 2.24) is 14.7 Å². The van der Waals surface area contributed by atoms with Crippen LogP contribution in [-0.2, 0) is 9.53 Å². The van der Waals surface area contributed by atoms with E-state index in [1.165, 1.54) is 7.11 Å². The highest BCUT2D eigenvalue weighted by molar-refractivity contribution is 5.78. The van der Waals surface area contributed by atoms with Crippen molar-refractivity contribution < 1.29 is 22.7 Å². The summed E-state index contributed by atoms with van der Waals surface area (Å²) < 4.78 is 46.5. The van der Waals surface area contributed by atoms with Crippen LogP contribution in [-0.4, -0.2) is 53.1 Å². The number of carbonyl (C=O) groups excluding carboxylic acids is 1. The average Bonchev–Trinajstić information content (AvgIpc) is 3.03. The molecule has 6 nitrogen and oxygen atoms in total. The van der Waals surface area contributed by atoms with Crippen molar-refractivity contribution in [3.05, 3.63) is 11.8 Å². The van der Waals surface area contributed by atoms with Gasteiger partial charge in [-0.1, -0.05) is 6.92 Å². The summed E-state index contributed by atoms with van der Waals surface area (Å²) in [4.78, 5) is 14.0. The Labute approximate surface area is 150 Å². The Hall–Kier alpha value is -1.77. The summed E-state index contributed by atoms with van der Waals surface area (Å²) in [6.07, 6.45) is -1.30. The number of piperidine rings is 1. The van der Waals surface area contributed by atoms with Crippen LogP contribution in [0.15, 0.2) is 6.07 Å². The predicted molar refractivity (Wildman–Crippen MR) is 89.8 cm³/mol. The number of amides is 1. The molecular formula is C17H25F3N4O2. The van der Waals surface area contributed by atoms with Crippen molar-refractivity contribution in [1.29, 1.82) is 0 Å². The number of hydrogen-bond acceptors (Lipinski definition) is 4. The van der Waals surface area contributed by atoms with Gasteiger partial charge in [0.25, 0.3) is 0 Å². The maximum atomic E-state index is 13.5. The molecule has 1 aromatic rings. The third-order valence-corrected chi connectivity index (χ3v) is 5.21. The van der Waals surface area contributed by atoms with Crippen LogP contribution in [0.4, 0.5) is 19.0 Å². The van der Waals surface area contributed by atoms with Crippen LogP contribution in [0.3, 0.4) is 0 Å². The molecular weight excluding hydrogens is 349 g/mol. The number of anilines is 1. The molecule has 9 heteroatoms. The van der Waals surface area contributed by atoms with Crippen molar-refractivity contribution in [3.63, 3.8) is 0 Å². The topological polar surface area (TPSA) is 59.4 Å². The molecule has 3 atom stereocenters. The quantitative estimate of drug-likeness (QED) is 0.879. The number of likely N-dealkylation sites (tertiary alicyclic amines) is 1. The highest BCUT2D eigenvalue weighted by Gasteiger charge is 2.46. The number of methoxy groups -OCH3 is 1. The molecule has 3 rings (SSSR count). The average molecular weight is 374 g/mol. The van der Waals surface area contributed by atoms with Crippen LogP contribution in [0.5, 0.6) is 0 Å². The van der Waals surface area contributed by atoms with E-state index < -0.39 is 12.2 Å². The molecule has 0 unspecified atom stereocenters. The zero-order valence-corrected chi connectivity index (χ0v) is 15.1. The second-order valence-corrected chi connectivity index (χ2v) is 6.97. The van der Waals surface area contributed by atoms with E-state index in [2.05, 4.69) is 10.4 Å². The molecule has 2 aliphatic rings. The van der Waals surface area contributed by atoms with Crippen LogP contribution >= 0.6 is 0 Å². The normalized spacial score (nSPS) is 26.3. The lowest BCUT2D eigenvalue weighted by Gasteiger charge is -2.34. The lowest BCUT2D eigenvalue weighted by atomic mass is 9.99. The van der Waals surface area contributed by atoms with E-state index in [0.29, 0.717) is 30.9 Å². The minimum Gasteiger partial charge on any atom is -0.375 e. The lowest BCUT2D eigenvalue weighted by molar-refractivity contribution is -0.173. The predicted octanol–water partition coefficient (Wildman–Crippen LogP) is 3.28. The molecule has 1 amide bonds. The Morgan fingerprint density at radius 2 is 2.19 bits per heavy atom. The highest BCUT2D eigenvalue weighted by atomic mass is 19.4. The summed E-state index contributed by atoms with van der Waals surface area (Å²) in [6, 6.07) is -0.510. The molecule has 0 aliphatic carbocycles. The first-order valence-electron chi connectivity index (χ1n) is 9.06. The fourth-order valence-corrected chi connectivity index (χ4v) is 3.84. The Morgan fingerprint density at radius 3 is 2.85 bits per heavy atom. The van der Waals surface area contributed by atoms with Gasteiger partial charge < -0.3 is 15.0 Å². The summed E-state index contributed by atoms with van der Waals surface area (Å²) >= 11 is 0. The number of hydrogen-bond donors (Lipinski definition) is 1. The second-order valence-electron chi connectivity index (χ2n) is 6.97. The van der Waals surface area contributed by atoms with Gasteiger partial charge in [-0.05, 0) is 32.1 Å². The van der Waals surface area contributed by atoms with Crippen molar-refractivity contribution in [2.75, 3.05) is 25.6 Å². The summed E-state index contributed by atoms with van der Waals surface area (Å²) in [5, 5.41) is 7.43. The minimum absolute atomic E-state index is 0.0363. The highest BCUT2D eigenvalue weighted by Crippen LogP contribution is 2.41. The van der Waals surface area contributed by atoms with E-state index in [4.69, 9.17) is 4.74 Å². The third kappa shape index (κ3) is 3.67. The first-order valence-corrected chi connectivity index (χ1v) is 9.06. The molecule has 3 heterocycles. The lowest BCUT2D eigenvalue weighted by Crippen LogP contribution is -2.41. The Balaban J connectivity index is 1.92. The fourth-order valence-electron chi connectivity index (χ4n) is 3.84. The van der Waals surface area contributed by atoms with E-state index in [0.717, 1.165) is 17.5 Å². The number of nitrogens with zero attached hydrogens (tertiary/aromatic N) is 3. The summed E-state index contributed by atoms with van der Waals surface area (Å²) in [5.41, 5.74) is 0.516. The molecule has 0 spiro atoms. The Kier molecular flexibility index (Phi) is 5.45. The van der Waals surface area contributed by atoms with E-state index in [-0.39, 0.29) is 31.0 Å². The molecule has 1 fully saturated rings. The standard InChI is InChI=1S/C17H25F3N4O2/c1-3-11-8-14(17(18,19)20)24-15(21-11)9-12(22-24)13-6-4-5-7-23(13)16(25)10-26-2/h9,11,13-14,21H,3-8,10H2,1-2H3/t11-,13-,14-/m1/s1. The van der Waals surface area contributed by atoms with Crippen molar-refractivity contribution in [2.45, 2.75) is 63.3 Å². The van der Waals surface area contributed by atoms with Crippen LogP contribution in [0.2, 0.25) is 0 Å². The Bertz CT molecular complexity index is 646. The number of aromatic nitrogens is 2. The van der Waals surface area contributed by atoms with Gasteiger partial charge in [-0.15, -0.1) is 0 Å². The third-order valence-electron chi connectivity index (χ3n) is 5.21. The molecule has 146 valence electrons. The fraction of sp³-hybridized carbons (Fsp3) is 0.765. The van der Waals surface area contributed by atoms with Gasteiger partial charge in [-0.2, -0.15) is 18.3 Å². The Morgan fingerprint density at radius 1 is 1.42 bits per heavy atom. The van der Waals surface area contributed by atoms with E-state index in [9.17, 15) is 18.0 Å². The molecule has 0 radical (unpaired) electrons. The molecule has 1 aromatic heterocycles. The number of rotatable bonds is 4. The van der Waals surface area contributed by atoms with E-state index in [1.807, 2.05) is 6.92 Å². The van der Waals surface area contributed by atoms with Crippen molar-refractivity contribution in [3.8, 4) is 0 Å². The zero-order chi connectivity index (χ0) is 18.9. The monoisotopic (exact) mass is 374 g/mol. The summed E-state index contributed by atoms with van der Waals surface area (Å²) in [5.74, 6) is 0.222. The SMILES string of the molecule is CC[C@@H]1C[C@H](C(F)(F)F)n2nc([C@H]3CCCCN3C(=O)COC)cc2N1. The molecule has 2 aliphatic heterocycles. The van der Waals surface area contributed by atoms with E-state index >= 15 is 0 Å². The first kappa shape index (κ1) is 19.0. The number of ether oxygens (including phenoxy) is 1. The van der Waals surface area contributed by atoms with Crippen molar-refractivity contribution >= 4 is 11.7 Å². The van der Waals surface area contributed by atoms with Gasteiger partial charge in [-0.3, -0.25) is 4.79 Å². The van der Waals surface area contributed by atoms with Gasteiger partial charge in [0.15, 0.2) is 6.04 Å². The number of fused-ring (bicyclic) bond motifs is 1. The van der Waals surface area contributed by atoms with Crippen LogP contribution in [0, 0.1) is 0 Å². The molecule has 1 N–H and O–H groups in total. The van der Waals surface area contributed by atoms with Gasteiger partial charge >= 0.3 is 6.18 Å². The molecule has 26 heavy (non-hydrogen) atoms. The maximum absolute atomic E-state index is 13.5. The number of carbonyl (C=O) groups is 1.